The van der Waals surface area contributed by atoms with E-state index in [0.29, 0.717) is 17.9 Å². The van der Waals surface area contributed by atoms with Crippen LogP contribution in [0.5, 0.6) is 0 Å². The number of carbonyl (C=O) groups excluding carboxylic acids is 1. The lowest BCUT2D eigenvalue weighted by atomic mass is 10.2. The number of rotatable bonds is 3. The highest BCUT2D eigenvalue weighted by molar-refractivity contribution is 9.11. The SMILES string of the molecule is O=C(NCc1ccno1)c1ccc(Br)cc1Br. The number of halogens is 2. The van der Waals surface area contributed by atoms with Gasteiger partial charge in [0.05, 0.1) is 18.3 Å². The lowest BCUT2D eigenvalue weighted by Crippen LogP contribution is -2.22. The lowest BCUT2D eigenvalue weighted by molar-refractivity contribution is 0.0946. The van der Waals surface area contributed by atoms with Gasteiger partial charge < -0.3 is 9.84 Å². The molecular weight excluding hydrogens is 352 g/mol. The zero-order valence-electron chi connectivity index (χ0n) is 8.61. The summed E-state index contributed by atoms with van der Waals surface area (Å²) >= 11 is 6.67. The van der Waals surface area contributed by atoms with Crippen LogP contribution in [0, 0.1) is 0 Å². The Kier molecular flexibility index (Phi) is 3.96. The summed E-state index contributed by atoms with van der Waals surface area (Å²) in [5.74, 6) is 0.451. The molecule has 0 aliphatic carbocycles. The second-order valence-electron chi connectivity index (χ2n) is 3.29. The standard InChI is InChI=1S/C11H8Br2N2O2/c12-7-1-2-9(10(13)5-7)11(16)14-6-8-3-4-15-17-8/h1-5H,6H2,(H,14,16). The molecule has 0 aliphatic rings. The van der Waals surface area contributed by atoms with E-state index in [-0.39, 0.29) is 5.91 Å². The minimum atomic E-state index is -0.166. The van der Waals surface area contributed by atoms with Gasteiger partial charge in [-0.1, -0.05) is 21.1 Å². The van der Waals surface area contributed by atoms with E-state index in [0.717, 1.165) is 8.95 Å². The molecule has 0 bridgehead atoms. The van der Waals surface area contributed by atoms with Crippen LogP contribution in [0.15, 0.2) is 43.9 Å². The fourth-order valence-corrected chi connectivity index (χ4v) is 2.50. The topological polar surface area (TPSA) is 55.1 Å². The molecule has 4 nitrogen and oxygen atoms in total. The molecule has 0 saturated heterocycles. The van der Waals surface area contributed by atoms with Crippen LogP contribution in [0.2, 0.25) is 0 Å². The molecule has 1 N–H and O–H groups in total. The lowest BCUT2D eigenvalue weighted by Gasteiger charge is -2.05. The number of carbonyl (C=O) groups is 1. The van der Waals surface area contributed by atoms with Gasteiger partial charge in [0.15, 0.2) is 5.76 Å². The first-order valence-corrected chi connectivity index (χ1v) is 6.38. The highest BCUT2D eigenvalue weighted by Crippen LogP contribution is 2.21. The number of hydrogen-bond acceptors (Lipinski definition) is 3. The average molecular weight is 360 g/mol. The molecule has 1 heterocycles. The molecule has 0 aliphatic heterocycles. The highest BCUT2D eigenvalue weighted by Gasteiger charge is 2.10. The second kappa shape index (κ2) is 5.46. The highest BCUT2D eigenvalue weighted by atomic mass is 79.9. The second-order valence-corrected chi connectivity index (χ2v) is 5.06. The Balaban J connectivity index is 2.04. The van der Waals surface area contributed by atoms with E-state index in [4.69, 9.17) is 4.52 Å². The molecule has 0 atom stereocenters. The van der Waals surface area contributed by atoms with Gasteiger partial charge >= 0.3 is 0 Å². The zero-order chi connectivity index (χ0) is 12.3. The maximum Gasteiger partial charge on any atom is 0.252 e. The van der Waals surface area contributed by atoms with E-state index < -0.39 is 0 Å². The summed E-state index contributed by atoms with van der Waals surface area (Å²) in [5.41, 5.74) is 0.577. The van der Waals surface area contributed by atoms with Crippen molar-refractivity contribution in [2.75, 3.05) is 0 Å². The van der Waals surface area contributed by atoms with Gasteiger partial charge in [-0.05, 0) is 34.1 Å². The Labute approximate surface area is 115 Å². The minimum Gasteiger partial charge on any atom is -0.360 e. The molecule has 1 aromatic carbocycles. The molecule has 0 spiro atoms. The van der Waals surface area contributed by atoms with Gasteiger partial charge in [0.25, 0.3) is 5.91 Å². The number of aromatic nitrogens is 1. The van der Waals surface area contributed by atoms with Crippen LogP contribution in [-0.4, -0.2) is 11.1 Å². The average Bonchev–Trinajstić information content (AvgIpc) is 2.78. The normalized spacial score (nSPS) is 10.2. The fraction of sp³-hybridized carbons (Fsp3) is 0.0909. The first-order chi connectivity index (χ1) is 8.16. The van der Waals surface area contributed by atoms with Crippen LogP contribution < -0.4 is 5.32 Å². The number of amides is 1. The van der Waals surface area contributed by atoms with Gasteiger partial charge in [0, 0.05) is 15.0 Å². The molecule has 1 aromatic heterocycles. The third-order valence-electron chi connectivity index (χ3n) is 2.09. The summed E-state index contributed by atoms with van der Waals surface area (Å²) in [6.07, 6.45) is 1.54. The summed E-state index contributed by atoms with van der Waals surface area (Å²) in [4.78, 5) is 11.9. The van der Waals surface area contributed by atoms with Crippen molar-refractivity contribution in [2.45, 2.75) is 6.54 Å². The van der Waals surface area contributed by atoms with E-state index in [9.17, 15) is 4.79 Å². The monoisotopic (exact) mass is 358 g/mol. The number of benzene rings is 1. The van der Waals surface area contributed by atoms with Crippen molar-refractivity contribution >= 4 is 37.8 Å². The summed E-state index contributed by atoms with van der Waals surface area (Å²) in [5, 5.41) is 6.30. The first kappa shape index (κ1) is 12.3. The Morgan fingerprint density at radius 3 is 2.82 bits per heavy atom. The van der Waals surface area contributed by atoms with Crippen LogP contribution >= 0.6 is 31.9 Å². The van der Waals surface area contributed by atoms with E-state index in [1.807, 2.05) is 12.1 Å². The summed E-state index contributed by atoms with van der Waals surface area (Å²) in [6, 6.07) is 7.08. The maximum absolute atomic E-state index is 11.9. The summed E-state index contributed by atoms with van der Waals surface area (Å²) in [7, 11) is 0. The van der Waals surface area contributed by atoms with E-state index in [2.05, 4.69) is 42.3 Å². The third kappa shape index (κ3) is 3.17. The largest absolute Gasteiger partial charge is 0.360 e. The van der Waals surface area contributed by atoms with Gasteiger partial charge in [-0.3, -0.25) is 4.79 Å². The predicted octanol–water partition coefficient (Wildman–Crippen LogP) is 3.13. The van der Waals surface area contributed by atoms with Crippen LogP contribution in [0.1, 0.15) is 16.1 Å². The number of nitrogens with zero attached hydrogens (tertiary/aromatic N) is 1. The maximum atomic E-state index is 11.9. The van der Waals surface area contributed by atoms with Gasteiger partial charge in [-0.15, -0.1) is 0 Å². The van der Waals surface area contributed by atoms with Crippen molar-refractivity contribution in [1.82, 2.24) is 10.5 Å². The third-order valence-corrected chi connectivity index (χ3v) is 3.24. The van der Waals surface area contributed by atoms with Crippen molar-refractivity contribution < 1.29 is 9.32 Å². The van der Waals surface area contributed by atoms with Gasteiger partial charge in [-0.25, -0.2) is 0 Å². The number of hydrogen-bond donors (Lipinski definition) is 1. The Morgan fingerprint density at radius 2 is 2.18 bits per heavy atom. The Hall–Kier alpha value is -1.14. The van der Waals surface area contributed by atoms with E-state index in [1.54, 1.807) is 12.1 Å². The molecule has 17 heavy (non-hydrogen) atoms. The Morgan fingerprint density at radius 1 is 1.35 bits per heavy atom. The zero-order valence-corrected chi connectivity index (χ0v) is 11.8. The minimum absolute atomic E-state index is 0.166. The van der Waals surface area contributed by atoms with Gasteiger partial charge in [0.2, 0.25) is 0 Å². The Bertz CT molecular complexity index is 526. The van der Waals surface area contributed by atoms with Crippen molar-refractivity contribution in [3.05, 3.63) is 50.7 Å². The quantitative estimate of drug-likeness (QED) is 0.915. The van der Waals surface area contributed by atoms with E-state index >= 15 is 0 Å². The molecule has 2 aromatic rings. The molecule has 2 rings (SSSR count). The van der Waals surface area contributed by atoms with Gasteiger partial charge in [-0.2, -0.15) is 0 Å². The summed E-state index contributed by atoms with van der Waals surface area (Å²) in [6.45, 7) is 0.321. The molecule has 1 amide bonds. The van der Waals surface area contributed by atoms with E-state index in [1.165, 1.54) is 6.20 Å². The predicted molar refractivity (Wildman–Crippen MR) is 69.5 cm³/mol. The van der Waals surface area contributed by atoms with Crippen LogP contribution in [0.3, 0.4) is 0 Å². The van der Waals surface area contributed by atoms with Crippen molar-refractivity contribution in [3.63, 3.8) is 0 Å². The molecule has 6 heteroatoms. The van der Waals surface area contributed by atoms with Crippen molar-refractivity contribution in [2.24, 2.45) is 0 Å². The van der Waals surface area contributed by atoms with Crippen LogP contribution in [0.25, 0.3) is 0 Å². The molecule has 0 unspecified atom stereocenters. The van der Waals surface area contributed by atoms with Crippen LogP contribution in [-0.2, 0) is 6.54 Å². The fourth-order valence-electron chi connectivity index (χ4n) is 1.27. The van der Waals surface area contributed by atoms with Crippen molar-refractivity contribution in [3.8, 4) is 0 Å². The molecule has 0 radical (unpaired) electrons. The molecule has 0 fully saturated rings. The van der Waals surface area contributed by atoms with Crippen molar-refractivity contribution in [1.29, 1.82) is 0 Å². The molecule has 0 saturated carbocycles. The van der Waals surface area contributed by atoms with Crippen LogP contribution in [0.4, 0.5) is 0 Å². The summed E-state index contributed by atoms with van der Waals surface area (Å²) < 4.78 is 6.54. The molecule has 88 valence electrons. The molecular formula is C11H8Br2N2O2. The smallest absolute Gasteiger partial charge is 0.252 e. The van der Waals surface area contributed by atoms with Gasteiger partial charge in [0.1, 0.15) is 0 Å². The first-order valence-electron chi connectivity index (χ1n) is 4.79. The number of nitrogens with one attached hydrogen (secondary N) is 1.